The summed E-state index contributed by atoms with van der Waals surface area (Å²) in [5, 5.41) is 10.6. The fourth-order valence-corrected chi connectivity index (χ4v) is 3.16. The van der Waals surface area contributed by atoms with Crippen molar-refractivity contribution in [2.45, 2.75) is 32.0 Å². The molecule has 0 aliphatic heterocycles. The second kappa shape index (κ2) is 5.35. The van der Waals surface area contributed by atoms with E-state index in [9.17, 15) is 8.42 Å². The van der Waals surface area contributed by atoms with Crippen LogP contribution >= 0.6 is 0 Å². The van der Waals surface area contributed by atoms with Crippen LogP contribution in [-0.4, -0.2) is 28.4 Å². The standard InChI is InChI=1S/C11H18N6O2S/c1-7-9(6-17(3)16-7)5-13-20(18,19)11-10(4-12)8(2)14-15-11/h6,13H,4-5,12H2,1-3H3,(H,14,15). The first-order chi connectivity index (χ1) is 9.35. The molecule has 2 aromatic rings. The molecule has 0 aromatic carbocycles. The van der Waals surface area contributed by atoms with Gasteiger partial charge in [0.05, 0.1) is 5.69 Å². The summed E-state index contributed by atoms with van der Waals surface area (Å²) in [5.74, 6) is 0. The predicted molar refractivity (Wildman–Crippen MR) is 73.2 cm³/mol. The minimum Gasteiger partial charge on any atom is -0.326 e. The third-order valence-electron chi connectivity index (χ3n) is 3.06. The summed E-state index contributed by atoms with van der Waals surface area (Å²) in [6.07, 6.45) is 1.78. The number of aromatic nitrogens is 4. The Morgan fingerprint density at radius 2 is 2.15 bits per heavy atom. The Hall–Kier alpha value is -1.71. The third-order valence-corrected chi connectivity index (χ3v) is 4.43. The van der Waals surface area contributed by atoms with E-state index in [2.05, 4.69) is 20.0 Å². The smallest absolute Gasteiger partial charge is 0.260 e. The zero-order chi connectivity index (χ0) is 14.9. The number of rotatable bonds is 5. The zero-order valence-corrected chi connectivity index (χ0v) is 12.5. The van der Waals surface area contributed by atoms with Gasteiger partial charge >= 0.3 is 0 Å². The van der Waals surface area contributed by atoms with Crippen LogP contribution in [0.4, 0.5) is 0 Å². The number of aromatic amines is 1. The van der Waals surface area contributed by atoms with E-state index >= 15 is 0 Å². The second-order valence-electron chi connectivity index (χ2n) is 4.57. The van der Waals surface area contributed by atoms with E-state index in [0.29, 0.717) is 11.3 Å². The van der Waals surface area contributed by atoms with Crippen molar-refractivity contribution in [3.8, 4) is 0 Å². The molecule has 0 bridgehead atoms. The maximum atomic E-state index is 12.2. The summed E-state index contributed by atoms with van der Waals surface area (Å²) in [7, 11) is -1.91. The number of nitrogens with two attached hydrogens (primary N) is 1. The topological polar surface area (TPSA) is 119 Å². The average molecular weight is 298 g/mol. The lowest BCUT2D eigenvalue weighted by Crippen LogP contribution is -2.25. The van der Waals surface area contributed by atoms with Gasteiger partial charge in [-0.15, -0.1) is 0 Å². The molecular weight excluding hydrogens is 280 g/mol. The second-order valence-corrected chi connectivity index (χ2v) is 6.26. The molecule has 0 amide bonds. The van der Waals surface area contributed by atoms with E-state index in [1.165, 1.54) is 0 Å². The molecule has 0 aliphatic rings. The molecule has 9 heteroatoms. The molecule has 110 valence electrons. The molecule has 0 saturated heterocycles. The summed E-state index contributed by atoms with van der Waals surface area (Å²) in [5.41, 5.74) is 8.32. The maximum absolute atomic E-state index is 12.2. The molecule has 0 atom stereocenters. The van der Waals surface area contributed by atoms with Gasteiger partial charge < -0.3 is 5.73 Å². The summed E-state index contributed by atoms with van der Waals surface area (Å²) >= 11 is 0. The maximum Gasteiger partial charge on any atom is 0.260 e. The Morgan fingerprint density at radius 1 is 1.45 bits per heavy atom. The number of aryl methyl sites for hydroxylation is 3. The van der Waals surface area contributed by atoms with Gasteiger partial charge in [0.15, 0.2) is 5.03 Å². The van der Waals surface area contributed by atoms with E-state index in [4.69, 9.17) is 5.73 Å². The molecule has 0 unspecified atom stereocenters. The largest absolute Gasteiger partial charge is 0.326 e. The summed E-state index contributed by atoms with van der Waals surface area (Å²) in [6.45, 7) is 3.84. The highest BCUT2D eigenvalue weighted by atomic mass is 32.2. The van der Waals surface area contributed by atoms with Crippen molar-refractivity contribution in [2.75, 3.05) is 0 Å². The number of sulfonamides is 1. The number of hydrogen-bond acceptors (Lipinski definition) is 5. The first kappa shape index (κ1) is 14.7. The van der Waals surface area contributed by atoms with Crippen LogP contribution in [0.25, 0.3) is 0 Å². The van der Waals surface area contributed by atoms with Gasteiger partial charge in [0.25, 0.3) is 10.0 Å². The van der Waals surface area contributed by atoms with Crippen LogP contribution in [0, 0.1) is 13.8 Å². The van der Waals surface area contributed by atoms with Gasteiger partial charge in [-0.3, -0.25) is 9.78 Å². The first-order valence-electron chi connectivity index (χ1n) is 6.08. The highest BCUT2D eigenvalue weighted by molar-refractivity contribution is 7.89. The van der Waals surface area contributed by atoms with Crippen LogP contribution in [0.2, 0.25) is 0 Å². The summed E-state index contributed by atoms with van der Waals surface area (Å²) in [4.78, 5) is 0. The van der Waals surface area contributed by atoms with Crippen molar-refractivity contribution >= 4 is 10.0 Å². The normalized spacial score (nSPS) is 12.0. The van der Waals surface area contributed by atoms with Crippen LogP contribution in [0.1, 0.15) is 22.5 Å². The van der Waals surface area contributed by atoms with Crippen molar-refractivity contribution < 1.29 is 8.42 Å². The zero-order valence-electron chi connectivity index (χ0n) is 11.6. The lowest BCUT2D eigenvalue weighted by molar-refractivity contribution is 0.575. The van der Waals surface area contributed by atoms with E-state index in [1.807, 2.05) is 6.92 Å². The predicted octanol–water partition coefficient (Wildman–Crippen LogP) is -0.303. The molecule has 0 saturated carbocycles. The van der Waals surface area contributed by atoms with E-state index in [1.54, 1.807) is 24.9 Å². The molecule has 0 aliphatic carbocycles. The number of nitrogens with one attached hydrogen (secondary N) is 2. The van der Waals surface area contributed by atoms with E-state index in [-0.39, 0.29) is 18.1 Å². The molecule has 2 heterocycles. The molecule has 2 rings (SSSR count). The summed E-state index contributed by atoms with van der Waals surface area (Å²) in [6, 6.07) is 0. The monoisotopic (exact) mass is 298 g/mol. The van der Waals surface area contributed by atoms with Crippen molar-refractivity contribution in [1.82, 2.24) is 24.7 Å². The molecule has 20 heavy (non-hydrogen) atoms. The Labute approximate surface area is 117 Å². The number of hydrogen-bond donors (Lipinski definition) is 3. The van der Waals surface area contributed by atoms with Gasteiger partial charge in [-0.05, 0) is 13.8 Å². The average Bonchev–Trinajstić information content (AvgIpc) is 2.90. The lowest BCUT2D eigenvalue weighted by atomic mass is 10.3. The van der Waals surface area contributed by atoms with Crippen LogP contribution < -0.4 is 10.5 Å². The Balaban J connectivity index is 2.21. The highest BCUT2D eigenvalue weighted by Gasteiger charge is 2.23. The van der Waals surface area contributed by atoms with Gasteiger partial charge in [-0.25, -0.2) is 13.1 Å². The molecule has 8 nitrogen and oxygen atoms in total. The van der Waals surface area contributed by atoms with Crippen LogP contribution in [0.3, 0.4) is 0 Å². The van der Waals surface area contributed by atoms with E-state index in [0.717, 1.165) is 11.3 Å². The molecule has 4 N–H and O–H groups in total. The minimum atomic E-state index is -3.70. The molecular formula is C11H18N6O2S. The quantitative estimate of drug-likeness (QED) is 0.700. The van der Waals surface area contributed by atoms with Crippen molar-refractivity contribution in [3.63, 3.8) is 0 Å². The third kappa shape index (κ3) is 2.74. The van der Waals surface area contributed by atoms with Crippen LogP contribution in [-0.2, 0) is 30.2 Å². The molecule has 2 aromatic heterocycles. The van der Waals surface area contributed by atoms with Crippen molar-refractivity contribution in [1.29, 1.82) is 0 Å². The van der Waals surface area contributed by atoms with Crippen LogP contribution in [0.15, 0.2) is 11.2 Å². The van der Waals surface area contributed by atoms with Crippen LogP contribution in [0.5, 0.6) is 0 Å². The molecule has 0 fully saturated rings. The Kier molecular flexibility index (Phi) is 3.93. The Bertz CT molecular complexity index is 715. The first-order valence-corrected chi connectivity index (χ1v) is 7.56. The number of nitrogens with zero attached hydrogens (tertiary/aromatic N) is 3. The fraction of sp³-hybridized carbons (Fsp3) is 0.455. The van der Waals surface area contributed by atoms with Gasteiger partial charge in [0.2, 0.25) is 0 Å². The Morgan fingerprint density at radius 3 is 2.70 bits per heavy atom. The van der Waals surface area contributed by atoms with Gasteiger partial charge in [-0.2, -0.15) is 10.2 Å². The van der Waals surface area contributed by atoms with Gasteiger partial charge in [-0.1, -0.05) is 0 Å². The summed E-state index contributed by atoms with van der Waals surface area (Å²) < 4.78 is 28.6. The molecule has 0 spiro atoms. The number of H-pyrrole nitrogens is 1. The minimum absolute atomic E-state index is 0.0426. The van der Waals surface area contributed by atoms with Crippen molar-refractivity contribution in [3.05, 3.63) is 28.7 Å². The SMILES string of the molecule is Cc1nn(C)cc1CNS(=O)(=O)c1n[nH]c(C)c1CN. The lowest BCUT2D eigenvalue weighted by Gasteiger charge is -2.05. The highest BCUT2D eigenvalue weighted by Crippen LogP contribution is 2.16. The van der Waals surface area contributed by atoms with Gasteiger partial charge in [0.1, 0.15) is 0 Å². The van der Waals surface area contributed by atoms with E-state index < -0.39 is 10.0 Å². The fourth-order valence-electron chi connectivity index (χ4n) is 1.96. The van der Waals surface area contributed by atoms with Gasteiger partial charge in [0, 0.05) is 43.2 Å². The molecule has 0 radical (unpaired) electrons. The van der Waals surface area contributed by atoms with Crippen molar-refractivity contribution in [2.24, 2.45) is 12.8 Å².